The molecule has 96 heavy (non-hydrogen) atoms. The number of nitrogens with zero attached hydrogens (tertiary/aromatic N) is 1. The summed E-state index contributed by atoms with van der Waals surface area (Å²) in [6.45, 7) is 4.33. The Morgan fingerprint density at radius 2 is 0.594 bits per heavy atom. The molecule has 0 aromatic heterocycles. The summed E-state index contributed by atoms with van der Waals surface area (Å²) < 4.78 is 34.8. The molecule has 552 valence electrons. The molecular formula is C86H151NO8P+. The lowest BCUT2D eigenvalue weighted by atomic mass is 10.0. The van der Waals surface area contributed by atoms with Crippen molar-refractivity contribution in [3.63, 3.8) is 0 Å². The number of rotatable bonds is 73. The number of hydrogen-bond donors (Lipinski definition) is 1. The molecule has 0 bridgehead atoms. The molecule has 0 aliphatic heterocycles. The number of carbonyl (C=O) groups excluding carboxylic acids is 2. The summed E-state index contributed by atoms with van der Waals surface area (Å²) in [4.78, 5) is 36.0. The summed E-state index contributed by atoms with van der Waals surface area (Å²) in [5.41, 5.74) is 0. The molecule has 1 N–H and O–H groups in total. The van der Waals surface area contributed by atoms with Crippen molar-refractivity contribution in [2.24, 2.45) is 0 Å². The molecule has 0 spiro atoms. The maximum Gasteiger partial charge on any atom is 0.472 e. The number of allylic oxidation sites excluding steroid dienone is 22. The van der Waals surface area contributed by atoms with E-state index >= 15 is 0 Å². The number of likely N-dealkylation sites (N-methyl/N-ethyl adjacent to an activating group) is 1. The SMILES string of the molecule is CC/C=C\C/C=C\C/C=C\C/C=C\C/C=C\C/C=C\C/C=C\C/C=C\CCCCCCCCCCCCC(=O)OC(COC(=O)CCCCCCCCCCCCCCCCCCCCCCCC/C=C\C/C=C\C/C=C\CCCCCCC)COP(=O)(O)OCC[N+](C)(C)C. The molecule has 0 aromatic carbocycles. The Morgan fingerprint density at radius 1 is 0.333 bits per heavy atom. The van der Waals surface area contributed by atoms with E-state index in [-0.39, 0.29) is 32.0 Å². The van der Waals surface area contributed by atoms with E-state index in [9.17, 15) is 19.0 Å². The van der Waals surface area contributed by atoms with Gasteiger partial charge in [0, 0.05) is 12.8 Å². The summed E-state index contributed by atoms with van der Waals surface area (Å²) in [5, 5.41) is 0. The van der Waals surface area contributed by atoms with E-state index in [1.54, 1.807) is 0 Å². The predicted molar refractivity (Wildman–Crippen MR) is 417 cm³/mol. The van der Waals surface area contributed by atoms with Crippen LogP contribution in [0.4, 0.5) is 0 Å². The topological polar surface area (TPSA) is 108 Å². The van der Waals surface area contributed by atoms with Crippen LogP contribution >= 0.6 is 7.82 Å². The maximum absolute atomic E-state index is 12.9. The Morgan fingerprint density at radius 3 is 0.885 bits per heavy atom. The monoisotopic (exact) mass is 1360 g/mol. The van der Waals surface area contributed by atoms with Crippen molar-refractivity contribution in [1.82, 2.24) is 0 Å². The van der Waals surface area contributed by atoms with Gasteiger partial charge >= 0.3 is 19.8 Å². The number of phosphoric ester groups is 1. The molecule has 0 fully saturated rings. The molecule has 0 heterocycles. The van der Waals surface area contributed by atoms with E-state index in [4.69, 9.17) is 18.5 Å². The quantitative estimate of drug-likeness (QED) is 0.0211. The van der Waals surface area contributed by atoms with E-state index in [1.807, 2.05) is 21.1 Å². The number of unbranched alkanes of at least 4 members (excludes halogenated alkanes) is 37. The zero-order valence-electron chi connectivity index (χ0n) is 63.1. The molecule has 0 amide bonds. The molecule has 10 heteroatoms. The second-order valence-corrected chi connectivity index (χ2v) is 29.2. The van der Waals surface area contributed by atoms with E-state index < -0.39 is 26.5 Å². The van der Waals surface area contributed by atoms with Gasteiger partial charge in [0.15, 0.2) is 6.10 Å². The van der Waals surface area contributed by atoms with Crippen LogP contribution in [0, 0.1) is 0 Å². The molecule has 0 radical (unpaired) electrons. The van der Waals surface area contributed by atoms with Crippen molar-refractivity contribution in [3.8, 4) is 0 Å². The van der Waals surface area contributed by atoms with Gasteiger partial charge in [-0.3, -0.25) is 18.6 Å². The van der Waals surface area contributed by atoms with Crippen LogP contribution in [0.2, 0.25) is 0 Å². The van der Waals surface area contributed by atoms with Crippen LogP contribution in [0.3, 0.4) is 0 Å². The van der Waals surface area contributed by atoms with Crippen molar-refractivity contribution in [1.29, 1.82) is 0 Å². The van der Waals surface area contributed by atoms with Gasteiger partial charge in [-0.25, -0.2) is 4.57 Å². The first-order valence-corrected chi connectivity index (χ1v) is 41.4. The molecule has 0 aromatic rings. The Bertz CT molecular complexity index is 2090. The van der Waals surface area contributed by atoms with Gasteiger partial charge in [-0.05, 0) is 116 Å². The second-order valence-electron chi connectivity index (χ2n) is 27.7. The summed E-state index contributed by atoms with van der Waals surface area (Å²) in [6, 6.07) is 0. The molecule has 0 saturated heterocycles. The largest absolute Gasteiger partial charge is 0.472 e. The van der Waals surface area contributed by atoms with E-state index in [1.165, 1.54) is 205 Å². The molecule has 9 nitrogen and oxygen atoms in total. The highest BCUT2D eigenvalue weighted by atomic mass is 31.2. The number of esters is 2. The first kappa shape index (κ1) is 92.2. The van der Waals surface area contributed by atoms with Crippen molar-refractivity contribution in [3.05, 3.63) is 134 Å². The van der Waals surface area contributed by atoms with Gasteiger partial charge in [0.25, 0.3) is 0 Å². The highest BCUT2D eigenvalue weighted by molar-refractivity contribution is 7.47. The third-order valence-corrected chi connectivity index (χ3v) is 18.1. The number of carbonyl (C=O) groups is 2. The lowest BCUT2D eigenvalue weighted by molar-refractivity contribution is -0.870. The smallest absolute Gasteiger partial charge is 0.462 e. The standard InChI is InChI=1S/C86H150NO8P/c1-6-8-10-12-14-16-18-20-22-24-26-28-30-32-34-36-38-40-42-43-45-46-48-50-52-54-56-58-60-62-64-66-68-70-72-74-76-78-85(88)92-82-84(83-94-96(90,91)93-81-80-87(3,4)5)95-86(89)79-77-75-73-71-69-67-65-63-61-59-57-55-53-51-49-47-44-41-39-37-35-33-31-29-27-25-23-21-19-17-15-13-11-9-7-2/h9,11,15,17-18,20-21,23-24,26-27,29-30,32-33,35,39,41,47,49,53,55,84H,6-8,10,12-14,16,19,22,25,28,31,34,36-38,40,42-46,48,50-52,54,56-83H2,1-5H3/p+1/b11-9-,17-15-,20-18-,23-21-,26-24-,29-27-,32-30-,35-33-,41-39-,49-47-,55-53-. The van der Waals surface area contributed by atoms with Crippen LogP contribution in [-0.2, 0) is 32.7 Å². The fraction of sp³-hybridized carbons (Fsp3) is 0.721. The third-order valence-electron chi connectivity index (χ3n) is 17.2. The van der Waals surface area contributed by atoms with Crippen molar-refractivity contribution in [2.75, 3.05) is 47.5 Å². The van der Waals surface area contributed by atoms with Gasteiger partial charge in [0.1, 0.15) is 19.8 Å². The van der Waals surface area contributed by atoms with Crippen LogP contribution in [-0.4, -0.2) is 74.9 Å². The van der Waals surface area contributed by atoms with E-state index in [0.717, 1.165) is 109 Å². The van der Waals surface area contributed by atoms with Gasteiger partial charge in [-0.2, -0.15) is 0 Å². The fourth-order valence-electron chi connectivity index (χ4n) is 11.1. The summed E-state index contributed by atoms with van der Waals surface area (Å²) in [5.74, 6) is -0.796. The number of quaternary nitrogens is 1. The Kier molecular flexibility index (Phi) is 72.3. The number of ether oxygens (including phenoxy) is 2. The average Bonchev–Trinajstić information content (AvgIpc) is 2.74. The zero-order valence-corrected chi connectivity index (χ0v) is 64.0. The van der Waals surface area contributed by atoms with Gasteiger partial charge in [0.05, 0.1) is 27.7 Å². The minimum Gasteiger partial charge on any atom is -0.462 e. The van der Waals surface area contributed by atoms with Gasteiger partial charge in [0.2, 0.25) is 0 Å². The second kappa shape index (κ2) is 75.4. The van der Waals surface area contributed by atoms with Gasteiger partial charge in [-0.1, -0.05) is 353 Å². The highest BCUT2D eigenvalue weighted by Crippen LogP contribution is 2.43. The minimum atomic E-state index is -4.40. The third kappa shape index (κ3) is 79.1. The zero-order chi connectivity index (χ0) is 69.7. The summed E-state index contributed by atoms with van der Waals surface area (Å²) in [7, 11) is 1.47. The van der Waals surface area contributed by atoms with Crippen LogP contribution in [0.15, 0.2) is 134 Å². The van der Waals surface area contributed by atoms with E-state index in [2.05, 4.69) is 148 Å². The van der Waals surface area contributed by atoms with Crippen molar-refractivity contribution in [2.45, 2.75) is 354 Å². The first-order valence-electron chi connectivity index (χ1n) is 39.9. The maximum atomic E-state index is 12.9. The number of phosphoric acid groups is 1. The Balaban J connectivity index is 4.00. The fourth-order valence-corrected chi connectivity index (χ4v) is 11.8. The van der Waals surface area contributed by atoms with Crippen LogP contribution in [0.5, 0.6) is 0 Å². The first-order chi connectivity index (χ1) is 47.0. The summed E-state index contributed by atoms with van der Waals surface area (Å²) >= 11 is 0. The minimum absolute atomic E-state index is 0.0267. The van der Waals surface area contributed by atoms with Gasteiger partial charge in [-0.15, -0.1) is 0 Å². The normalized spacial score (nSPS) is 13.8. The molecule has 2 atom stereocenters. The molecule has 0 saturated carbocycles. The number of hydrogen-bond acceptors (Lipinski definition) is 7. The molecule has 0 rings (SSSR count). The Hall–Kier alpha value is -3.85. The van der Waals surface area contributed by atoms with Crippen molar-refractivity contribution < 1.29 is 42.1 Å². The lowest BCUT2D eigenvalue weighted by Gasteiger charge is -2.24. The molecule has 0 aliphatic rings. The lowest BCUT2D eigenvalue weighted by Crippen LogP contribution is -2.37. The van der Waals surface area contributed by atoms with Crippen LogP contribution < -0.4 is 0 Å². The summed E-state index contributed by atoms with van der Waals surface area (Å²) in [6.07, 6.45) is 110. The highest BCUT2D eigenvalue weighted by Gasteiger charge is 2.27. The molecule has 2 unspecified atom stereocenters. The predicted octanol–water partition coefficient (Wildman–Crippen LogP) is 26.7. The van der Waals surface area contributed by atoms with Crippen molar-refractivity contribution >= 4 is 19.8 Å². The average molecular weight is 1360 g/mol. The van der Waals surface area contributed by atoms with E-state index in [0.29, 0.717) is 17.4 Å². The Labute approximate surface area is 593 Å². The molecular weight excluding hydrogens is 1210 g/mol. The molecule has 0 aliphatic carbocycles. The van der Waals surface area contributed by atoms with Crippen LogP contribution in [0.1, 0.15) is 348 Å². The van der Waals surface area contributed by atoms with Gasteiger partial charge < -0.3 is 18.9 Å². The van der Waals surface area contributed by atoms with Crippen LogP contribution in [0.25, 0.3) is 0 Å².